The molecule has 0 fully saturated rings. The van der Waals surface area contributed by atoms with Crippen molar-refractivity contribution in [2.24, 2.45) is 0 Å². The van der Waals surface area contributed by atoms with Crippen molar-refractivity contribution in [2.45, 2.75) is 77.7 Å². The summed E-state index contributed by atoms with van der Waals surface area (Å²) in [5.41, 5.74) is 0. The molecule has 0 aromatic rings. The van der Waals surface area contributed by atoms with Gasteiger partial charge < -0.3 is 21.1 Å². The van der Waals surface area contributed by atoms with Gasteiger partial charge in [0.1, 0.15) is 6.04 Å². The Labute approximate surface area is 161 Å². The summed E-state index contributed by atoms with van der Waals surface area (Å²) >= 11 is 1.05. The summed E-state index contributed by atoms with van der Waals surface area (Å²) in [6.45, 7) is 5.43. The van der Waals surface area contributed by atoms with E-state index in [0.717, 1.165) is 63.1 Å². The summed E-state index contributed by atoms with van der Waals surface area (Å²) in [7, 11) is 0. The first-order chi connectivity index (χ1) is 12.5. The van der Waals surface area contributed by atoms with E-state index in [1.807, 2.05) is 0 Å². The minimum Gasteiger partial charge on any atom is -0.480 e. The van der Waals surface area contributed by atoms with Crippen molar-refractivity contribution in [2.75, 3.05) is 18.8 Å². The van der Waals surface area contributed by atoms with Gasteiger partial charge in [-0.15, -0.1) is 0 Å². The number of unbranched alkanes of at least 4 members (excludes halogenated alkanes) is 6. The number of amides is 3. The molecule has 26 heavy (non-hydrogen) atoms. The van der Waals surface area contributed by atoms with E-state index in [2.05, 4.69) is 29.8 Å². The minimum absolute atomic E-state index is 0.147. The van der Waals surface area contributed by atoms with Crippen molar-refractivity contribution >= 4 is 29.0 Å². The number of rotatable bonds is 15. The maximum atomic E-state index is 11.7. The number of carboxylic acids is 1. The third-order valence-electron chi connectivity index (χ3n) is 3.86. The fourth-order valence-electron chi connectivity index (χ4n) is 2.28. The van der Waals surface area contributed by atoms with Gasteiger partial charge in [-0.05, 0) is 19.3 Å². The van der Waals surface area contributed by atoms with E-state index in [9.17, 15) is 19.5 Å². The molecule has 7 nitrogen and oxygen atoms in total. The highest BCUT2D eigenvalue weighted by molar-refractivity contribution is 8.13. The fourth-order valence-corrected chi connectivity index (χ4v) is 3.03. The highest BCUT2D eigenvalue weighted by atomic mass is 32.2. The Balaban J connectivity index is 3.89. The predicted octanol–water partition coefficient (Wildman–Crippen LogP) is 3.73. The van der Waals surface area contributed by atoms with Crippen molar-refractivity contribution < 1.29 is 19.5 Å². The Morgan fingerprint density at radius 3 is 2.00 bits per heavy atom. The van der Waals surface area contributed by atoms with E-state index in [-0.39, 0.29) is 11.7 Å². The molecule has 152 valence electrons. The van der Waals surface area contributed by atoms with Gasteiger partial charge >= 0.3 is 12.0 Å². The number of thioether (sulfide) groups is 1. The number of carbonyl (C=O) groups is 3. The smallest absolute Gasteiger partial charge is 0.326 e. The first kappa shape index (κ1) is 24.6. The molecule has 0 aliphatic rings. The lowest BCUT2D eigenvalue weighted by atomic mass is 10.2. The van der Waals surface area contributed by atoms with Crippen LogP contribution < -0.4 is 16.0 Å². The maximum absolute atomic E-state index is 11.7. The third kappa shape index (κ3) is 14.9. The molecule has 3 amide bonds. The Morgan fingerprint density at radius 1 is 0.885 bits per heavy atom. The minimum atomic E-state index is -1.09. The van der Waals surface area contributed by atoms with Crippen molar-refractivity contribution in [1.29, 1.82) is 0 Å². The van der Waals surface area contributed by atoms with E-state index in [0.29, 0.717) is 18.8 Å². The van der Waals surface area contributed by atoms with E-state index < -0.39 is 18.0 Å². The van der Waals surface area contributed by atoms with Crippen LogP contribution in [0.2, 0.25) is 0 Å². The molecule has 0 unspecified atom stereocenters. The first-order valence-corrected chi connectivity index (χ1v) is 10.7. The predicted molar refractivity (Wildman–Crippen MR) is 107 cm³/mol. The average Bonchev–Trinajstić information content (AvgIpc) is 2.60. The van der Waals surface area contributed by atoms with E-state index >= 15 is 0 Å². The Morgan fingerprint density at radius 2 is 1.46 bits per heavy atom. The van der Waals surface area contributed by atoms with Crippen molar-refractivity contribution in [3.63, 3.8) is 0 Å². The van der Waals surface area contributed by atoms with E-state index in [1.165, 1.54) is 0 Å². The molecule has 0 rings (SSSR count). The van der Waals surface area contributed by atoms with Gasteiger partial charge in [0.05, 0.1) is 0 Å². The number of carboxylic acid groups (broad SMARTS) is 1. The monoisotopic (exact) mass is 389 g/mol. The van der Waals surface area contributed by atoms with Crippen molar-refractivity contribution in [3.8, 4) is 0 Å². The van der Waals surface area contributed by atoms with Crippen LogP contribution in [0.3, 0.4) is 0 Å². The largest absolute Gasteiger partial charge is 0.480 e. The zero-order chi connectivity index (χ0) is 19.6. The van der Waals surface area contributed by atoms with E-state index in [1.54, 1.807) is 0 Å². The lowest BCUT2D eigenvalue weighted by molar-refractivity contribution is -0.139. The Hall–Kier alpha value is -1.44. The number of urea groups is 1. The van der Waals surface area contributed by atoms with E-state index in [4.69, 9.17) is 0 Å². The highest BCUT2D eigenvalue weighted by Crippen LogP contribution is 2.07. The number of carbonyl (C=O) groups excluding carboxylic acids is 2. The van der Waals surface area contributed by atoms with Crippen LogP contribution in [-0.2, 0) is 4.79 Å². The number of nitrogens with one attached hydrogen (secondary N) is 3. The standard InChI is InChI=1S/C18H35N3O4S/c1-3-5-7-9-12-19-17(24)21-15(16(22)23)11-14-26-18(25)20-13-10-8-6-4-2/h15H,3-14H2,1-2H3,(H,20,25)(H,22,23)(H2,19,21,24)/t15-/m0/s1. The third-order valence-corrected chi connectivity index (χ3v) is 4.71. The lowest BCUT2D eigenvalue weighted by Crippen LogP contribution is -2.46. The summed E-state index contributed by atoms with van der Waals surface area (Å²) in [6, 6.07) is -1.46. The number of hydrogen-bond donors (Lipinski definition) is 4. The topological polar surface area (TPSA) is 108 Å². The molecule has 0 saturated carbocycles. The summed E-state index contributed by atoms with van der Waals surface area (Å²) < 4.78 is 0. The van der Waals surface area contributed by atoms with Crippen LogP contribution >= 0.6 is 11.8 Å². The summed E-state index contributed by atoms with van der Waals surface area (Å²) in [5.74, 6) is -0.749. The Bertz CT molecular complexity index is 408. The van der Waals surface area contributed by atoms with Crippen molar-refractivity contribution in [1.82, 2.24) is 16.0 Å². The zero-order valence-electron chi connectivity index (χ0n) is 16.1. The molecule has 8 heteroatoms. The summed E-state index contributed by atoms with van der Waals surface area (Å²) in [6.07, 6.45) is 8.74. The molecule has 0 spiro atoms. The summed E-state index contributed by atoms with van der Waals surface area (Å²) in [4.78, 5) is 34.7. The number of aliphatic carboxylic acids is 1. The van der Waals surface area contributed by atoms with Crippen LogP contribution in [0.4, 0.5) is 9.59 Å². The molecule has 0 aliphatic heterocycles. The highest BCUT2D eigenvalue weighted by Gasteiger charge is 2.20. The Kier molecular flexibility index (Phi) is 16.1. The molecule has 0 bridgehead atoms. The molecule has 0 aliphatic carbocycles. The lowest BCUT2D eigenvalue weighted by Gasteiger charge is -2.15. The van der Waals surface area contributed by atoms with Crippen LogP contribution in [0.15, 0.2) is 0 Å². The van der Waals surface area contributed by atoms with Crippen LogP contribution in [0.1, 0.15) is 71.6 Å². The van der Waals surface area contributed by atoms with Crippen LogP contribution in [0.5, 0.6) is 0 Å². The van der Waals surface area contributed by atoms with Gasteiger partial charge in [0.15, 0.2) is 0 Å². The van der Waals surface area contributed by atoms with Gasteiger partial charge in [-0.25, -0.2) is 9.59 Å². The normalized spacial score (nSPS) is 11.6. The number of hydrogen-bond acceptors (Lipinski definition) is 4. The zero-order valence-corrected chi connectivity index (χ0v) is 17.0. The molecule has 0 radical (unpaired) electrons. The van der Waals surface area contributed by atoms with Crippen molar-refractivity contribution in [3.05, 3.63) is 0 Å². The second-order valence-corrected chi connectivity index (χ2v) is 7.33. The van der Waals surface area contributed by atoms with Gasteiger partial charge in [0, 0.05) is 18.8 Å². The quantitative estimate of drug-likeness (QED) is 0.319. The molecule has 0 saturated heterocycles. The molecule has 0 aromatic heterocycles. The molecule has 0 heterocycles. The van der Waals surface area contributed by atoms with Gasteiger partial charge in [-0.3, -0.25) is 4.79 Å². The second-order valence-electron chi connectivity index (χ2n) is 6.26. The van der Waals surface area contributed by atoms with Gasteiger partial charge in [-0.1, -0.05) is 64.1 Å². The van der Waals surface area contributed by atoms with Gasteiger partial charge in [-0.2, -0.15) is 0 Å². The maximum Gasteiger partial charge on any atom is 0.326 e. The van der Waals surface area contributed by atoms with Crippen LogP contribution in [-0.4, -0.2) is 47.2 Å². The van der Waals surface area contributed by atoms with Crippen LogP contribution in [0, 0.1) is 0 Å². The van der Waals surface area contributed by atoms with Crippen LogP contribution in [0.25, 0.3) is 0 Å². The molecular formula is C18H35N3O4S. The second kappa shape index (κ2) is 17.0. The van der Waals surface area contributed by atoms with Gasteiger partial charge in [0.2, 0.25) is 0 Å². The SMILES string of the molecule is CCCCCCNC(=O)N[C@@H](CCSC(=O)NCCCCCC)C(=O)O. The fraction of sp³-hybridized carbons (Fsp3) is 0.833. The first-order valence-electron chi connectivity index (χ1n) is 9.69. The molecule has 4 N–H and O–H groups in total. The molecular weight excluding hydrogens is 354 g/mol. The van der Waals surface area contributed by atoms with Gasteiger partial charge in [0.25, 0.3) is 5.24 Å². The molecule has 1 atom stereocenters. The average molecular weight is 390 g/mol. The summed E-state index contributed by atoms with van der Waals surface area (Å²) in [5, 5.41) is 17.0. The molecule has 0 aromatic carbocycles.